The van der Waals surface area contributed by atoms with Crippen LogP contribution in [0.25, 0.3) is 0 Å². The molecule has 0 aliphatic heterocycles. The molecule has 0 unspecified atom stereocenters. The maximum atomic E-state index is 11.0. The lowest BCUT2D eigenvalue weighted by Gasteiger charge is -2.31. The van der Waals surface area contributed by atoms with Gasteiger partial charge in [-0.1, -0.05) is 0 Å². The first-order chi connectivity index (χ1) is 5.58. The average Bonchev–Trinajstić information content (AvgIpc) is 1.82. The van der Waals surface area contributed by atoms with Crippen molar-refractivity contribution in [1.29, 1.82) is 0 Å². The van der Waals surface area contributed by atoms with Gasteiger partial charge >= 0.3 is 6.09 Å². The molecule has 1 fully saturated rings. The molecule has 1 saturated carbocycles. The zero-order chi connectivity index (χ0) is 9.14. The molecule has 1 aliphatic rings. The summed E-state index contributed by atoms with van der Waals surface area (Å²) in [5.41, 5.74) is 5.53. The van der Waals surface area contributed by atoms with Crippen molar-refractivity contribution in [1.82, 2.24) is 5.32 Å². The number of nitrogens with two attached hydrogens (primary N) is 1. The molecule has 70 valence electrons. The zero-order valence-electron chi connectivity index (χ0n) is 7.54. The van der Waals surface area contributed by atoms with Crippen molar-refractivity contribution in [2.24, 2.45) is 5.73 Å². The second-order valence-corrected chi connectivity index (χ2v) is 3.56. The van der Waals surface area contributed by atoms with E-state index in [0.717, 1.165) is 12.8 Å². The monoisotopic (exact) mass is 172 g/mol. The lowest BCUT2D eigenvalue weighted by molar-refractivity contribution is 0.0401. The van der Waals surface area contributed by atoms with E-state index in [0.29, 0.717) is 0 Å². The van der Waals surface area contributed by atoms with Crippen molar-refractivity contribution >= 4 is 6.09 Å². The fourth-order valence-electron chi connectivity index (χ4n) is 1.12. The van der Waals surface area contributed by atoms with Gasteiger partial charge in [0.25, 0.3) is 0 Å². The number of carbonyl (C=O) groups is 1. The summed E-state index contributed by atoms with van der Waals surface area (Å²) in [4.78, 5) is 11.0. The molecule has 1 rings (SSSR count). The average molecular weight is 172 g/mol. The fourth-order valence-corrected chi connectivity index (χ4v) is 1.12. The summed E-state index contributed by atoms with van der Waals surface area (Å²) < 4.78 is 5.04. The van der Waals surface area contributed by atoms with Crippen LogP contribution < -0.4 is 11.1 Å². The van der Waals surface area contributed by atoms with Crippen LogP contribution in [0.2, 0.25) is 0 Å². The molecule has 12 heavy (non-hydrogen) atoms. The Kier molecular flexibility index (Phi) is 2.92. The summed E-state index contributed by atoms with van der Waals surface area (Å²) in [6.45, 7) is 3.79. The Morgan fingerprint density at radius 1 is 1.58 bits per heavy atom. The first-order valence-corrected chi connectivity index (χ1v) is 4.30. The van der Waals surface area contributed by atoms with Gasteiger partial charge in [0.1, 0.15) is 6.10 Å². The lowest BCUT2D eigenvalue weighted by Crippen LogP contribution is -2.45. The summed E-state index contributed by atoms with van der Waals surface area (Å²) in [5.74, 6) is 0. The van der Waals surface area contributed by atoms with E-state index in [4.69, 9.17) is 10.5 Å². The molecule has 3 N–H and O–H groups in total. The number of rotatable bonds is 2. The standard InChI is InChI=1S/C8H16N2O2/c1-5(2)10-8(11)12-7-3-6(9)4-7/h5-7H,3-4,9H2,1-2H3,(H,10,11). The first-order valence-electron chi connectivity index (χ1n) is 4.30. The van der Waals surface area contributed by atoms with Crippen molar-refractivity contribution in [3.63, 3.8) is 0 Å². The van der Waals surface area contributed by atoms with Crippen LogP contribution in [0.15, 0.2) is 0 Å². The summed E-state index contributed by atoms with van der Waals surface area (Å²) in [5, 5.41) is 2.65. The van der Waals surface area contributed by atoms with E-state index in [1.165, 1.54) is 0 Å². The van der Waals surface area contributed by atoms with Gasteiger partial charge in [0.2, 0.25) is 0 Å². The highest BCUT2D eigenvalue weighted by Crippen LogP contribution is 2.20. The number of carbonyl (C=O) groups excluding carboxylic acids is 1. The van der Waals surface area contributed by atoms with Crippen molar-refractivity contribution in [3.05, 3.63) is 0 Å². The molecule has 1 amide bonds. The van der Waals surface area contributed by atoms with Gasteiger partial charge < -0.3 is 15.8 Å². The summed E-state index contributed by atoms with van der Waals surface area (Å²) >= 11 is 0. The van der Waals surface area contributed by atoms with Crippen LogP contribution in [0.3, 0.4) is 0 Å². The predicted octanol–water partition coefficient (Wildman–Crippen LogP) is 0.611. The van der Waals surface area contributed by atoms with E-state index in [9.17, 15) is 4.79 Å². The number of amides is 1. The Hall–Kier alpha value is -0.770. The summed E-state index contributed by atoms with van der Waals surface area (Å²) in [7, 11) is 0. The molecule has 1 aliphatic carbocycles. The highest BCUT2D eigenvalue weighted by atomic mass is 16.6. The van der Waals surface area contributed by atoms with Crippen LogP contribution in [0.5, 0.6) is 0 Å². The molecule has 0 saturated heterocycles. The second-order valence-electron chi connectivity index (χ2n) is 3.56. The van der Waals surface area contributed by atoms with Gasteiger partial charge in [-0.25, -0.2) is 4.79 Å². The molecule has 0 aromatic carbocycles. The Labute approximate surface area is 72.5 Å². The van der Waals surface area contributed by atoms with E-state index in [1.807, 2.05) is 13.8 Å². The Morgan fingerprint density at radius 2 is 2.17 bits per heavy atom. The molecule has 0 atom stereocenters. The maximum absolute atomic E-state index is 11.0. The second kappa shape index (κ2) is 3.76. The normalized spacial score (nSPS) is 28.0. The molecule has 0 aromatic heterocycles. The van der Waals surface area contributed by atoms with E-state index in [1.54, 1.807) is 0 Å². The van der Waals surface area contributed by atoms with E-state index >= 15 is 0 Å². The minimum absolute atomic E-state index is 0.0405. The minimum Gasteiger partial charge on any atom is -0.446 e. The molecular weight excluding hydrogens is 156 g/mol. The van der Waals surface area contributed by atoms with E-state index in [-0.39, 0.29) is 24.3 Å². The molecular formula is C8H16N2O2. The third-order valence-electron chi connectivity index (χ3n) is 1.81. The maximum Gasteiger partial charge on any atom is 0.407 e. The van der Waals surface area contributed by atoms with Gasteiger partial charge in [-0.05, 0) is 26.7 Å². The van der Waals surface area contributed by atoms with Gasteiger partial charge in [-0.2, -0.15) is 0 Å². The van der Waals surface area contributed by atoms with Gasteiger partial charge in [0, 0.05) is 12.1 Å². The van der Waals surface area contributed by atoms with Crippen molar-refractivity contribution in [3.8, 4) is 0 Å². The smallest absolute Gasteiger partial charge is 0.407 e. The Morgan fingerprint density at radius 3 is 2.58 bits per heavy atom. The largest absolute Gasteiger partial charge is 0.446 e. The van der Waals surface area contributed by atoms with Crippen molar-refractivity contribution < 1.29 is 9.53 Å². The SMILES string of the molecule is CC(C)NC(=O)OC1CC(N)C1. The third-order valence-corrected chi connectivity index (χ3v) is 1.81. The number of hydrogen-bond donors (Lipinski definition) is 2. The van der Waals surface area contributed by atoms with E-state index in [2.05, 4.69) is 5.32 Å². The van der Waals surface area contributed by atoms with Gasteiger partial charge in [0.05, 0.1) is 0 Å². The zero-order valence-corrected chi connectivity index (χ0v) is 7.54. The first kappa shape index (κ1) is 9.32. The van der Waals surface area contributed by atoms with Crippen LogP contribution in [0.1, 0.15) is 26.7 Å². The molecule has 0 heterocycles. The van der Waals surface area contributed by atoms with Gasteiger partial charge in [-0.3, -0.25) is 0 Å². The van der Waals surface area contributed by atoms with Crippen molar-refractivity contribution in [2.75, 3.05) is 0 Å². The number of hydrogen-bond acceptors (Lipinski definition) is 3. The van der Waals surface area contributed by atoms with Crippen molar-refractivity contribution in [2.45, 2.75) is 44.9 Å². The quantitative estimate of drug-likeness (QED) is 0.641. The molecule has 0 aromatic rings. The van der Waals surface area contributed by atoms with Crippen LogP contribution >= 0.6 is 0 Å². The Balaban J connectivity index is 2.11. The Bertz CT molecular complexity index is 164. The van der Waals surface area contributed by atoms with Crippen LogP contribution in [-0.4, -0.2) is 24.3 Å². The number of nitrogens with one attached hydrogen (secondary N) is 1. The third kappa shape index (κ3) is 2.70. The number of ether oxygens (including phenoxy) is 1. The molecule has 0 bridgehead atoms. The summed E-state index contributed by atoms with van der Waals surface area (Å²) in [6.07, 6.45) is 1.30. The van der Waals surface area contributed by atoms with Crippen LogP contribution in [0, 0.1) is 0 Å². The molecule has 0 spiro atoms. The topological polar surface area (TPSA) is 64.3 Å². The van der Waals surface area contributed by atoms with Gasteiger partial charge in [-0.15, -0.1) is 0 Å². The fraction of sp³-hybridized carbons (Fsp3) is 0.875. The molecule has 4 heteroatoms. The van der Waals surface area contributed by atoms with E-state index < -0.39 is 0 Å². The highest BCUT2D eigenvalue weighted by Gasteiger charge is 2.29. The summed E-state index contributed by atoms with van der Waals surface area (Å²) in [6, 6.07) is 0.355. The van der Waals surface area contributed by atoms with Crippen LogP contribution in [0.4, 0.5) is 4.79 Å². The predicted molar refractivity (Wildman–Crippen MR) is 45.8 cm³/mol. The van der Waals surface area contributed by atoms with Gasteiger partial charge in [0.15, 0.2) is 0 Å². The minimum atomic E-state index is -0.332. The molecule has 0 radical (unpaired) electrons. The molecule has 4 nitrogen and oxygen atoms in total. The van der Waals surface area contributed by atoms with Crippen LogP contribution in [-0.2, 0) is 4.74 Å². The highest BCUT2D eigenvalue weighted by molar-refractivity contribution is 5.67. The number of alkyl carbamates (subject to hydrolysis) is 1. The lowest BCUT2D eigenvalue weighted by atomic mass is 9.90.